The van der Waals surface area contributed by atoms with E-state index in [1.165, 1.54) is 19.1 Å². The molecule has 1 aromatic heterocycles. The number of Topliss-reactive ketones (excluding diaryl/α,β-unsaturated/α-hetero) is 1. The molecule has 5 nitrogen and oxygen atoms in total. The molecule has 1 aromatic carbocycles. The summed E-state index contributed by atoms with van der Waals surface area (Å²) < 4.78 is 10.4. The quantitative estimate of drug-likeness (QED) is 0.759. The van der Waals surface area contributed by atoms with Gasteiger partial charge in [-0.25, -0.2) is 0 Å². The molecule has 19 heavy (non-hydrogen) atoms. The maximum atomic E-state index is 11.1. The predicted octanol–water partition coefficient (Wildman–Crippen LogP) is 1.42. The van der Waals surface area contributed by atoms with E-state index in [2.05, 4.69) is 0 Å². The highest BCUT2D eigenvalue weighted by Gasteiger charge is 2.04. The number of carbonyl (C=O) groups is 2. The second-order valence-corrected chi connectivity index (χ2v) is 3.92. The van der Waals surface area contributed by atoms with Crippen LogP contribution in [0.2, 0.25) is 0 Å². The lowest BCUT2D eigenvalue weighted by Gasteiger charge is -2.04. The molecule has 0 aliphatic heterocycles. The monoisotopic (exact) mass is 259 g/mol. The van der Waals surface area contributed by atoms with E-state index in [4.69, 9.17) is 9.15 Å². The number of hydrogen-bond donors (Lipinski definition) is 0. The summed E-state index contributed by atoms with van der Waals surface area (Å²) in [5, 5.41) is 10.5. The zero-order valence-corrected chi connectivity index (χ0v) is 10.2. The summed E-state index contributed by atoms with van der Waals surface area (Å²) in [5.41, 5.74) is 0.601. The van der Waals surface area contributed by atoms with Gasteiger partial charge in [-0.15, -0.1) is 0 Å². The Labute approximate surface area is 109 Å². The van der Waals surface area contributed by atoms with Gasteiger partial charge < -0.3 is 19.1 Å². The maximum absolute atomic E-state index is 11.1. The van der Waals surface area contributed by atoms with Crippen LogP contribution in [0.3, 0.4) is 0 Å². The normalized spacial score (nSPS) is 10.2. The van der Waals surface area contributed by atoms with Gasteiger partial charge in [-0.3, -0.25) is 4.79 Å². The van der Waals surface area contributed by atoms with Crippen molar-refractivity contribution in [2.45, 2.75) is 13.5 Å². The Morgan fingerprint density at radius 2 is 1.84 bits per heavy atom. The van der Waals surface area contributed by atoms with Crippen molar-refractivity contribution < 1.29 is 23.8 Å². The molecule has 5 heteroatoms. The number of hydrogen-bond acceptors (Lipinski definition) is 5. The van der Waals surface area contributed by atoms with Crippen LogP contribution in [0.15, 0.2) is 40.8 Å². The van der Waals surface area contributed by atoms with Gasteiger partial charge in [-0.2, -0.15) is 0 Å². The van der Waals surface area contributed by atoms with Crippen LogP contribution in [-0.4, -0.2) is 11.8 Å². The molecular formula is C14H11O5-. The van der Waals surface area contributed by atoms with Crippen molar-refractivity contribution in [3.63, 3.8) is 0 Å². The maximum Gasteiger partial charge on any atom is 0.159 e. The molecule has 0 spiro atoms. The molecule has 0 aliphatic carbocycles. The minimum Gasteiger partial charge on any atom is -0.542 e. The predicted molar refractivity (Wildman–Crippen MR) is 63.8 cm³/mol. The van der Waals surface area contributed by atoms with Gasteiger partial charge in [0.2, 0.25) is 0 Å². The van der Waals surface area contributed by atoms with Crippen LogP contribution in [0.25, 0.3) is 0 Å². The van der Waals surface area contributed by atoms with Gasteiger partial charge in [0.15, 0.2) is 5.78 Å². The summed E-state index contributed by atoms with van der Waals surface area (Å²) in [6, 6.07) is 9.47. The van der Waals surface area contributed by atoms with Gasteiger partial charge in [-0.05, 0) is 43.3 Å². The molecule has 0 radical (unpaired) electrons. The number of benzene rings is 1. The minimum absolute atomic E-state index is 0.0174. The minimum atomic E-state index is -1.36. The molecule has 2 aromatic rings. The van der Waals surface area contributed by atoms with E-state index >= 15 is 0 Å². The first-order valence-corrected chi connectivity index (χ1v) is 5.60. The zero-order chi connectivity index (χ0) is 13.8. The van der Waals surface area contributed by atoms with Crippen LogP contribution in [0.5, 0.6) is 5.75 Å². The van der Waals surface area contributed by atoms with Crippen molar-refractivity contribution in [2.75, 3.05) is 0 Å². The molecule has 0 fully saturated rings. The lowest BCUT2D eigenvalue weighted by Crippen LogP contribution is -2.21. The van der Waals surface area contributed by atoms with E-state index < -0.39 is 5.97 Å². The Kier molecular flexibility index (Phi) is 3.66. The van der Waals surface area contributed by atoms with Crippen LogP contribution >= 0.6 is 0 Å². The molecule has 0 aliphatic rings. The number of rotatable bonds is 5. The van der Waals surface area contributed by atoms with E-state index in [9.17, 15) is 14.7 Å². The fourth-order valence-electron chi connectivity index (χ4n) is 1.51. The number of furan rings is 1. The van der Waals surface area contributed by atoms with Crippen LogP contribution in [0, 0.1) is 0 Å². The molecule has 0 unspecified atom stereocenters. The summed E-state index contributed by atoms with van der Waals surface area (Å²) in [4.78, 5) is 21.6. The van der Waals surface area contributed by atoms with E-state index in [0.29, 0.717) is 17.1 Å². The molecule has 0 atom stereocenters. The highest BCUT2D eigenvalue weighted by atomic mass is 16.5. The van der Waals surface area contributed by atoms with Crippen LogP contribution in [0.4, 0.5) is 0 Å². The number of ether oxygens (including phenoxy) is 1. The van der Waals surface area contributed by atoms with Crippen LogP contribution in [0.1, 0.15) is 33.6 Å². The Balaban J connectivity index is 1.97. The Morgan fingerprint density at radius 1 is 1.16 bits per heavy atom. The Hall–Kier alpha value is -2.56. The van der Waals surface area contributed by atoms with Crippen molar-refractivity contribution in [2.24, 2.45) is 0 Å². The first kappa shape index (κ1) is 12.9. The fraction of sp³-hybridized carbons (Fsp3) is 0.143. The Morgan fingerprint density at radius 3 is 2.37 bits per heavy atom. The van der Waals surface area contributed by atoms with Gasteiger partial charge in [0, 0.05) is 5.56 Å². The van der Waals surface area contributed by atoms with Crippen LogP contribution < -0.4 is 9.84 Å². The van der Waals surface area contributed by atoms with Crippen molar-refractivity contribution in [1.29, 1.82) is 0 Å². The third-order valence-electron chi connectivity index (χ3n) is 2.50. The molecule has 2 rings (SSSR count). The number of ketones is 1. The molecular weight excluding hydrogens is 248 g/mol. The molecule has 0 saturated heterocycles. The highest BCUT2D eigenvalue weighted by Crippen LogP contribution is 2.15. The van der Waals surface area contributed by atoms with Crippen LogP contribution in [-0.2, 0) is 6.61 Å². The first-order chi connectivity index (χ1) is 9.06. The molecule has 0 amide bonds. The van der Waals surface area contributed by atoms with E-state index in [1.54, 1.807) is 24.3 Å². The molecule has 0 saturated carbocycles. The topological polar surface area (TPSA) is 79.6 Å². The third kappa shape index (κ3) is 3.22. The zero-order valence-electron chi connectivity index (χ0n) is 10.2. The standard InChI is InChI=1S/C14H12O5/c1-9(15)10-2-4-11(5-3-10)18-8-12-6-7-13(19-12)14(16)17/h2-7H,8H2,1H3,(H,16,17)/p-1. The Bertz CT molecular complexity index is 595. The average molecular weight is 259 g/mol. The second-order valence-electron chi connectivity index (χ2n) is 3.92. The van der Waals surface area contributed by atoms with Gasteiger partial charge in [0.25, 0.3) is 0 Å². The van der Waals surface area contributed by atoms with Gasteiger partial charge in [-0.1, -0.05) is 0 Å². The molecule has 0 N–H and O–H groups in total. The highest BCUT2D eigenvalue weighted by molar-refractivity contribution is 5.94. The number of carbonyl (C=O) groups excluding carboxylic acids is 2. The first-order valence-electron chi connectivity index (χ1n) is 5.60. The van der Waals surface area contributed by atoms with Crippen molar-refractivity contribution in [1.82, 2.24) is 0 Å². The average Bonchev–Trinajstić information content (AvgIpc) is 2.86. The van der Waals surface area contributed by atoms with Crippen molar-refractivity contribution in [3.8, 4) is 5.75 Å². The van der Waals surface area contributed by atoms with Gasteiger partial charge in [0.05, 0.1) is 0 Å². The SMILES string of the molecule is CC(=O)c1ccc(OCc2ccc(C(=O)[O-])o2)cc1. The molecule has 1 heterocycles. The molecule has 0 bridgehead atoms. The number of carboxylic acids is 1. The number of carboxylic acid groups (broad SMARTS) is 1. The summed E-state index contributed by atoms with van der Waals surface area (Å²) in [7, 11) is 0. The largest absolute Gasteiger partial charge is 0.542 e. The summed E-state index contributed by atoms with van der Waals surface area (Å²) >= 11 is 0. The lowest BCUT2D eigenvalue weighted by molar-refractivity contribution is -0.257. The van der Waals surface area contributed by atoms with E-state index in [1.807, 2.05) is 0 Å². The number of aromatic carboxylic acids is 1. The second kappa shape index (κ2) is 5.39. The van der Waals surface area contributed by atoms with Crippen molar-refractivity contribution >= 4 is 11.8 Å². The smallest absolute Gasteiger partial charge is 0.159 e. The third-order valence-corrected chi connectivity index (χ3v) is 2.50. The summed E-state index contributed by atoms with van der Waals surface area (Å²) in [6.07, 6.45) is 0. The van der Waals surface area contributed by atoms with Crippen molar-refractivity contribution in [3.05, 3.63) is 53.5 Å². The summed E-state index contributed by atoms with van der Waals surface area (Å²) in [5.74, 6) is -0.662. The van der Waals surface area contributed by atoms with Gasteiger partial charge in [0.1, 0.15) is 29.8 Å². The van der Waals surface area contributed by atoms with E-state index in [-0.39, 0.29) is 18.2 Å². The molecule has 98 valence electrons. The summed E-state index contributed by atoms with van der Waals surface area (Å²) in [6.45, 7) is 1.59. The van der Waals surface area contributed by atoms with Gasteiger partial charge >= 0.3 is 0 Å². The lowest BCUT2D eigenvalue weighted by atomic mass is 10.1. The fourth-order valence-corrected chi connectivity index (χ4v) is 1.51. The van der Waals surface area contributed by atoms with E-state index in [0.717, 1.165) is 0 Å².